The molecule has 4 unspecified atom stereocenters. The zero-order valence-corrected chi connectivity index (χ0v) is 10.6. The maximum Gasteiger partial charge on any atom is 0.110 e. The molecule has 1 heterocycles. The second-order valence-corrected chi connectivity index (χ2v) is 5.62. The molecule has 0 saturated heterocycles. The van der Waals surface area contributed by atoms with Crippen LogP contribution in [-0.4, -0.2) is 18.7 Å². The standard InChI is InChI=1S/C14H25NO/c1-11-6-7-14(12(2)9-11)15-10-13-5-3-4-8-16-13/h4,8,11-15H,3,5-7,9-10H2,1-2H3. The summed E-state index contributed by atoms with van der Waals surface area (Å²) in [5.41, 5.74) is 0. The Morgan fingerprint density at radius 1 is 1.25 bits per heavy atom. The van der Waals surface area contributed by atoms with Crippen molar-refractivity contribution in [3.8, 4) is 0 Å². The molecule has 1 N–H and O–H groups in total. The van der Waals surface area contributed by atoms with Gasteiger partial charge in [0.2, 0.25) is 0 Å². The highest BCUT2D eigenvalue weighted by Gasteiger charge is 2.25. The van der Waals surface area contributed by atoms with Gasteiger partial charge in [-0.1, -0.05) is 13.8 Å². The molecule has 92 valence electrons. The number of allylic oxidation sites excluding steroid dienone is 1. The lowest BCUT2D eigenvalue weighted by Crippen LogP contribution is -2.43. The second kappa shape index (κ2) is 5.72. The Hall–Kier alpha value is -0.500. The van der Waals surface area contributed by atoms with Gasteiger partial charge in [0.1, 0.15) is 6.10 Å². The Kier molecular flexibility index (Phi) is 4.28. The predicted molar refractivity (Wildman–Crippen MR) is 67.2 cm³/mol. The van der Waals surface area contributed by atoms with Crippen molar-refractivity contribution >= 4 is 0 Å². The van der Waals surface area contributed by atoms with E-state index < -0.39 is 0 Å². The summed E-state index contributed by atoms with van der Waals surface area (Å²) in [6.45, 7) is 5.78. The van der Waals surface area contributed by atoms with E-state index in [1.54, 1.807) is 0 Å². The molecule has 4 atom stereocenters. The average molecular weight is 223 g/mol. The third kappa shape index (κ3) is 3.24. The van der Waals surface area contributed by atoms with Crippen LogP contribution in [0.1, 0.15) is 46.0 Å². The van der Waals surface area contributed by atoms with Crippen molar-refractivity contribution in [2.24, 2.45) is 11.8 Å². The van der Waals surface area contributed by atoms with Crippen LogP contribution >= 0.6 is 0 Å². The van der Waals surface area contributed by atoms with Gasteiger partial charge in [0.25, 0.3) is 0 Å². The quantitative estimate of drug-likeness (QED) is 0.794. The molecule has 1 aliphatic heterocycles. The van der Waals surface area contributed by atoms with Gasteiger partial charge < -0.3 is 10.1 Å². The van der Waals surface area contributed by atoms with E-state index in [0.29, 0.717) is 12.1 Å². The fourth-order valence-corrected chi connectivity index (χ4v) is 2.99. The molecule has 0 aromatic carbocycles. The fraction of sp³-hybridized carbons (Fsp3) is 0.857. The second-order valence-electron chi connectivity index (χ2n) is 5.62. The largest absolute Gasteiger partial charge is 0.497 e. The van der Waals surface area contributed by atoms with Crippen molar-refractivity contribution in [2.75, 3.05) is 6.54 Å². The highest BCUT2D eigenvalue weighted by molar-refractivity contribution is 4.86. The van der Waals surface area contributed by atoms with Crippen LogP contribution in [0.3, 0.4) is 0 Å². The molecule has 2 nitrogen and oxygen atoms in total. The first-order valence-electron chi connectivity index (χ1n) is 6.79. The highest BCUT2D eigenvalue weighted by Crippen LogP contribution is 2.28. The maximum absolute atomic E-state index is 5.58. The van der Waals surface area contributed by atoms with Gasteiger partial charge in [-0.15, -0.1) is 0 Å². The van der Waals surface area contributed by atoms with Crippen molar-refractivity contribution < 1.29 is 4.74 Å². The van der Waals surface area contributed by atoms with Gasteiger partial charge in [-0.25, -0.2) is 0 Å². The minimum absolute atomic E-state index is 0.400. The van der Waals surface area contributed by atoms with Crippen LogP contribution in [-0.2, 0) is 4.74 Å². The lowest BCUT2D eigenvalue weighted by molar-refractivity contribution is 0.110. The first-order chi connectivity index (χ1) is 7.75. The van der Waals surface area contributed by atoms with E-state index in [4.69, 9.17) is 4.74 Å². The molecule has 0 aromatic rings. The smallest absolute Gasteiger partial charge is 0.110 e. The van der Waals surface area contributed by atoms with Crippen LogP contribution in [0.15, 0.2) is 12.3 Å². The van der Waals surface area contributed by atoms with E-state index in [1.807, 2.05) is 6.26 Å². The van der Waals surface area contributed by atoms with E-state index in [2.05, 4.69) is 25.2 Å². The summed E-state index contributed by atoms with van der Waals surface area (Å²) >= 11 is 0. The Bertz CT molecular complexity index is 239. The summed E-state index contributed by atoms with van der Waals surface area (Å²) < 4.78 is 5.58. The molecular weight excluding hydrogens is 198 g/mol. The third-order valence-electron chi connectivity index (χ3n) is 4.06. The van der Waals surface area contributed by atoms with Crippen LogP contribution in [0.25, 0.3) is 0 Å². The predicted octanol–water partition coefficient (Wildman–Crippen LogP) is 3.09. The topological polar surface area (TPSA) is 21.3 Å². The summed E-state index contributed by atoms with van der Waals surface area (Å²) in [4.78, 5) is 0. The number of rotatable bonds is 3. The molecule has 16 heavy (non-hydrogen) atoms. The highest BCUT2D eigenvalue weighted by atomic mass is 16.5. The lowest BCUT2D eigenvalue weighted by atomic mass is 9.80. The fourth-order valence-electron chi connectivity index (χ4n) is 2.99. The van der Waals surface area contributed by atoms with Gasteiger partial charge >= 0.3 is 0 Å². The van der Waals surface area contributed by atoms with Gasteiger partial charge in [0.15, 0.2) is 0 Å². The Morgan fingerprint density at radius 3 is 2.81 bits per heavy atom. The van der Waals surface area contributed by atoms with E-state index >= 15 is 0 Å². The van der Waals surface area contributed by atoms with Crippen molar-refractivity contribution in [1.29, 1.82) is 0 Å². The van der Waals surface area contributed by atoms with Gasteiger partial charge in [-0.3, -0.25) is 0 Å². The van der Waals surface area contributed by atoms with E-state index in [-0.39, 0.29) is 0 Å². The lowest BCUT2D eigenvalue weighted by Gasteiger charge is -2.34. The molecule has 0 amide bonds. The molecule has 1 fully saturated rings. The molecule has 2 aliphatic rings. The van der Waals surface area contributed by atoms with E-state index in [9.17, 15) is 0 Å². The maximum atomic E-state index is 5.58. The normalized spacial score (nSPS) is 39.4. The molecule has 0 spiro atoms. The molecule has 2 rings (SSSR count). The average Bonchev–Trinajstić information content (AvgIpc) is 2.29. The molecular formula is C14H25NO. The van der Waals surface area contributed by atoms with Gasteiger partial charge in [0.05, 0.1) is 6.26 Å². The van der Waals surface area contributed by atoms with Crippen LogP contribution in [0, 0.1) is 11.8 Å². The van der Waals surface area contributed by atoms with Crippen molar-refractivity contribution in [2.45, 2.75) is 58.1 Å². The summed E-state index contributed by atoms with van der Waals surface area (Å²) in [5.74, 6) is 1.74. The minimum Gasteiger partial charge on any atom is -0.497 e. The molecule has 2 heteroatoms. The van der Waals surface area contributed by atoms with Crippen molar-refractivity contribution in [3.05, 3.63) is 12.3 Å². The zero-order valence-electron chi connectivity index (χ0n) is 10.6. The molecule has 0 aromatic heterocycles. The number of hydrogen-bond acceptors (Lipinski definition) is 2. The Morgan fingerprint density at radius 2 is 2.12 bits per heavy atom. The Balaban J connectivity index is 1.70. The van der Waals surface area contributed by atoms with Gasteiger partial charge in [0, 0.05) is 12.6 Å². The van der Waals surface area contributed by atoms with Crippen LogP contribution in [0.2, 0.25) is 0 Å². The number of hydrogen-bond donors (Lipinski definition) is 1. The Labute approximate surface area is 99.4 Å². The van der Waals surface area contributed by atoms with E-state index in [1.165, 1.54) is 32.1 Å². The van der Waals surface area contributed by atoms with Crippen molar-refractivity contribution in [3.63, 3.8) is 0 Å². The summed E-state index contributed by atoms with van der Waals surface area (Å²) in [5, 5.41) is 3.70. The molecule has 1 aliphatic carbocycles. The minimum atomic E-state index is 0.400. The van der Waals surface area contributed by atoms with Crippen LogP contribution in [0.5, 0.6) is 0 Å². The monoisotopic (exact) mass is 223 g/mol. The number of ether oxygens (including phenoxy) is 1. The number of nitrogens with one attached hydrogen (secondary N) is 1. The summed E-state index contributed by atoms with van der Waals surface area (Å²) in [7, 11) is 0. The van der Waals surface area contributed by atoms with E-state index in [0.717, 1.165) is 18.4 Å². The van der Waals surface area contributed by atoms with Crippen LogP contribution < -0.4 is 5.32 Å². The molecule has 1 saturated carbocycles. The van der Waals surface area contributed by atoms with Crippen molar-refractivity contribution in [1.82, 2.24) is 5.32 Å². The zero-order chi connectivity index (χ0) is 11.4. The van der Waals surface area contributed by atoms with Gasteiger partial charge in [-0.05, 0) is 50.0 Å². The summed E-state index contributed by atoms with van der Waals surface area (Å²) in [6.07, 6.45) is 10.8. The van der Waals surface area contributed by atoms with Gasteiger partial charge in [-0.2, -0.15) is 0 Å². The molecule has 0 radical (unpaired) electrons. The SMILES string of the molecule is CC1CCC(NCC2CCC=CO2)C(C)C1. The molecule has 0 bridgehead atoms. The third-order valence-corrected chi connectivity index (χ3v) is 4.06. The first kappa shape index (κ1) is 12.0. The van der Waals surface area contributed by atoms with Crippen LogP contribution in [0.4, 0.5) is 0 Å². The summed E-state index contributed by atoms with van der Waals surface area (Å²) in [6, 6.07) is 0.714. The first-order valence-corrected chi connectivity index (χ1v) is 6.79.